The van der Waals surface area contributed by atoms with Crippen LogP contribution in [0.1, 0.15) is 11.3 Å². The van der Waals surface area contributed by atoms with Gasteiger partial charge in [-0.2, -0.15) is 0 Å². The van der Waals surface area contributed by atoms with Gasteiger partial charge in [0.2, 0.25) is 0 Å². The molecule has 4 nitrogen and oxygen atoms in total. The van der Waals surface area contributed by atoms with E-state index in [-0.39, 0.29) is 0 Å². The highest BCUT2D eigenvalue weighted by atomic mass is 16.5. The zero-order valence-electron chi connectivity index (χ0n) is 10.7. The van der Waals surface area contributed by atoms with Crippen LogP contribution in [0.2, 0.25) is 0 Å². The molecule has 4 heteroatoms. The quantitative estimate of drug-likeness (QED) is 0.857. The average molecular weight is 235 g/mol. The fourth-order valence-electron chi connectivity index (χ4n) is 2.10. The number of nitrogens with one attached hydrogen (secondary N) is 1. The van der Waals surface area contributed by atoms with Crippen LogP contribution in [-0.2, 0) is 4.74 Å². The molecule has 0 amide bonds. The number of rotatable bonds is 4. The summed E-state index contributed by atoms with van der Waals surface area (Å²) < 4.78 is 5.32. The lowest BCUT2D eigenvalue weighted by Gasteiger charge is -2.26. The van der Waals surface area contributed by atoms with Crippen molar-refractivity contribution in [2.75, 3.05) is 44.7 Å². The summed E-state index contributed by atoms with van der Waals surface area (Å²) in [5.41, 5.74) is 2.32. The van der Waals surface area contributed by atoms with E-state index in [0.29, 0.717) is 0 Å². The van der Waals surface area contributed by atoms with Crippen LogP contribution in [0.3, 0.4) is 0 Å². The van der Waals surface area contributed by atoms with Crippen molar-refractivity contribution < 1.29 is 4.74 Å². The van der Waals surface area contributed by atoms with Crippen molar-refractivity contribution in [1.29, 1.82) is 0 Å². The van der Waals surface area contributed by atoms with E-state index >= 15 is 0 Å². The van der Waals surface area contributed by atoms with Crippen LogP contribution >= 0.6 is 0 Å². The van der Waals surface area contributed by atoms with Gasteiger partial charge in [-0.1, -0.05) is 0 Å². The summed E-state index contributed by atoms with van der Waals surface area (Å²) >= 11 is 0. The van der Waals surface area contributed by atoms with E-state index in [1.807, 2.05) is 6.92 Å². The van der Waals surface area contributed by atoms with Crippen molar-refractivity contribution in [3.8, 4) is 0 Å². The van der Waals surface area contributed by atoms with Gasteiger partial charge in [-0.3, -0.25) is 4.90 Å². The van der Waals surface area contributed by atoms with Gasteiger partial charge in [0.15, 0.2) is 0 Å². The van der Waals surface area contributed by atoms with Gasteiger partial charge in [0.1, 0.15) is 5.82 Å². The van der Waals surface area contributed by atoms with Crippen LogP contribution in [0.25, 0.3) is 0 Å². The van der Waals surface area contributed by atoms with E-state index in [2.05, 4.69) is 34.3 Å². The molecule has 0 aromatic carbocycles. The Morgan fingerprint density at radius 3 is 2.76 bits per heavy atom. The summed E-state index contributed by atoms with van der Waals surface area (Å²) in [5, 5.41) is 3.38. The minimum Gasteiger partial charge on any atom is -0.379 e. The Kier molecular flexibility index (Phi) is 4.34. The Balaban J connectivity index is 1.77. The summed E-state index contributed by atoms with van der Waals surface area (Å²) in [7, 11) is 0. The highest BCUT2D eigenvalue weighted by Crippen LogP contribution is 2.08. The number of pyridine rings is 1. The lowest BCUT2D eigenvalue weighted by molar-refractivity contribution is 0.0398. The van der Waals surface area contributed by atoms with Crippen molar-refractivity contribution in [2.24, 2.45) is 0 Å². The molecule has 1 aliphatic heterocycles. The molecule has 0 aliphatic carbocycles. The van der Waals surface area contributed by atoms with Crippen molar-refractivity contribution in [3.63, 3.8) is 0 Å². The molecule has 0 atom stereocenters. The average Bonchev–Trinajstić information content (AvgIpc) is 2.29. The topological polar surface area (TPSA) is 37.4 Å². The van der Waals surface area contributed by atoms with E-state index in [1.165, 1.54) is 5.56 Å². The first-order valence-electron chi connectivity index (χ1n) is 6.23. The van der Waals surface area contributed by atoms with Gasteiger partial charge in [-0.25, -0.2) is 4.98 Å². The van der Waals surface area contributed by atoms with Crippen LogP contribution in [0, 0.1) is 13.8 Å². The lowest BCUT2D eigenvalue weighted by atomic mass is 10.2. The molecule has 0 bridgehead atoms. The summed E-state index contributed by atoms with van der Waals surface area (Å²) in [6.07, 6.45) is 0. The molecule has 0 spiro atoms. The van der Waals surface area contributed by atoms with Crippen LogP contribution in [0.15, 0.2) is 12.1 Å². The summed E-state index contributed by atoms with van der Waals surface area (Å²) in [6.45, 7) is 9.93. The molecular weight excluding hydrogens is 214 g/mol. The molecule has 1 aromatic heterocycles. The number of aryl methyl sites for hydroxylation is 2. The predicted molar refractivity (Wildman–Crippen MR) is 69.5 cm³/mol. The monoisotopic (exact) mass is 235 g/mol. The summed E-state index contributed by atoms with van der Waals surface area (Å²) in [5.74, 6) is 0.982. The molecule has 1 saturated heterocycles. The maximum atomic E-state index is 5.32. The van der Waals surface area contributed by atoms with Gasteiger partial charge in [-0.05, 0) is 31.5 Å². The molecule has 1 aliphatic rings. The molecular formula is C13H21N3O. The third kappa shape index (κ3) is 3.98. The molecule has 0 saturated carbocycles. The summed E-state index contributed by atoms with van der Waals surface area (Å²) in [4.78, 5) is 6.88. The van der Waals surface area contributed by atoms with Crippen molar-refractivity contribution in [3.05, 3.63) is 23.4 Å². The number of anilines is 1. The van der Waals surface area contributed by atoms with E-state index in [4.69, 9.17) is 4.74 Å². The fraction of sp³-hybridized carbons (Fsp3) is 0.615. The number of hydrogen-bond acceptors (Lipinski definition) is 4. The maximum absolute atomic E-state index is 5.32. The third-order valence-electron chi connectivity index (χ3n) is 2.94. The first-order chi connectivity index (χ1) is 8.24. The Morgan fingerprint density at radius 1 is 1.29 bits per heavy atom. The highest BCUT2D eigenvalue weighted by molar-refractivity contribution is 5.38. The van der Waals surface area contributed by atoms with E-state index in [0.717, 1.165) is 50.9 Å². The smallest absolute Gasteiger partial charge is 0.126 e. The Morgan fingerprint density at radius 2 is 2.06 bits per heavy atom. The van der Waals surface area contributed by atoms with Crippen molar-refractivity contribution >= 4 is 5.82 Å². The molecule has 2 rings (SSSR count). The maximum Gasteiger partial charge on any atom is 0.126 e. The van der Waals surface area contributed by atoms with E-state index < -0.39 is 0 Å². The first kappa shape index (κ1) is 12.3. The molecule has 2 heterocycles. The number of aromatic nitrogens is 1. The number of nitrogens with zero attached hydrogens (tertiary/aromatic N) is 2. The van der Waals surface area contributed by atoms with Crippen molar-refractivity contribution in [2.45, 2.75) is 13.8 Å². The van der Waals surface area contributed by atoms with E-state index in [1.54, 1.807) is 0 Å². The van der Waals surface area contributed by atoms with Crippen LogP contribution < -0.4 is 5.32 Å². The van der Waals surface area contributed by atoms with Crippen LogP contribution in [0.5, 0.6) is 0 Å². The molecule has 0 radical (unpaired) electrons. The predicted octanol–water partition coefficient (Wildman–Crippen LogP) is 1.44. The van der Waals surface area contributed by atoms with Crippen LogP contribution in [-0.4, -0.2) is 49.3 Å². The second-order valence-electron chi connectivity index (χ2n) is 4.55. The molecule has 1 aromatic rings. The number of morpholine rings is 1. The Hall–Kier alpha value is -1.13. The second kappa shape index (κ2) is 5.98. The third-order valence-corrected chi connectivity index (χ3v) is 2.94. The molecule has 17 heavy (non-hydrogen) atoms. The van der Waals surface area contributed by atoms with Gasteiger partial charge in [0.05, 0.1) is 13.2 Å². The second-order valence-corrected chi connectivity index (χ2v) is 4.55. The Bertz CT molecular complexity index is 341. The van der Waals surface area contributed by atoms with Gasteiger partial charge >= 0.3 is 0 Å². The molecule has 1 fully saturated rings. The first-order valence-corrected chi connectivity index (χ1v) is 6.23. The minimum absolute atomic E-state index is 0.863. The van der Waals surface area contributed by atoms with Crippen molar-refractivity contribution in [1.82, 2.24) is 9.88 Å². The lowest BCUT2D eigenvalue weighted by Crippen LogP contribution is -2.39. The minimum atomic E-state index is 0.863. The number of hydrogen-bond donors (Lipinski definition) is 1. The number of ether oxygens (including phenoxy) is 1. The zero-order chi connectivity index (χ0) is 12.1. The standard InChI is InChI=1S/C13H21N3O/c1-11-9-12(2)15-13(10-11)14-3-4-16-5-7-17-8-6-16/h9-10H,3-8H2,1-2H3,(H,14,15). The molecule has 94 valence electrons. The van der Waals surface area contributed by atoms with Gasteiger partial charge < -0.3 is 10.1 Å². The van der Waals surface area contributed by atoms with Gasteiger partial charge in [0, 0.05) is 31.9 Å². The summed E-state index contributed by atoms with van der Waals surface area (Å²) in [6, 6.07) is 4.18. The Labute approximate surface area is 103 Å². The molecule has 1 N–H and O–H groups in total. The van der Waals surface area contributed by atoms with Gasteiger partial charge in [0.25, 0.3) is 0 Å². The van der Waals surface area contributed by atoms with E-state index in [9.17, 15) is 0 Å². The van der Waals surface area contributed by atoms with Crippen LogP contribution in [0.4, 0.5) is 5.82 Å². The SMILES string of the molecule is Cc1cc(C)nc(NCCN2CCOCC2)c1. The highest BCUT2D eigenvalue weighted by Gasteiger charge is 2.09. The molecule has 0 unspecified atom stereocenters. The van der Waals surface area contributed by atoms with Gasteiger partial charge in [-0.15, -0.1) is 0 Å². The zero-order valence-corrected chi connectivity index (χ0v) is 10.7. The normalized spacial score (nSPS) is 17.1. The fourth-order valence-corrected chi connectivity index (χ4v) is 2.10. The largest absolute Gasteiger partial charge is 0.379 e.